The molecule has 1 fully saturated rings. The van der Waals surface area contributed by atoms with Crippen molar-refractivity contribution in [2.24, 2.45) is 0 Å². The van der Waals surface area contributed by atoms with Gasteiger partial charge in [0.2, 0.25) is 5.16 Å². The quantitative estimate of drug-likeness (QED) is 0.455. The van der Waals surface area contributed by atoms with Crippen molar-refractivity contribution in [1.82, 2.24) is 14.8 Å². The van der Waals surface area contributed by atoms with Crippen LogP contribution in [0.2, 0.25) is 5.02 Å². The van der Waals surface area contributed by atoms with Crippen LogP contribution in [-0.4, -0.2) is 36.1 Å². The number of halogens is 2. The van der Waals surface area contributed by atoms with Crippen LogP contribution >= 0.6 is 35.8 Å². The fourth-order valence-electron chi connectivity index (χ4n) is 2.84. The zero-order valence-electron chi connectivity index (χ0n) is 13.0. The van der Waals surface area contributed by atoms with Crippen LogP contribution in [0.25, 0.3) is 0 Å². The van der Waals surface area contributed by atoms with E-state index < -0.39 is 10.5 Å². The van der Waals surface area contributed by atoms with Crippen molar-refractivity contribution in [3.63, 3.8) is 0 Å². The summed E-state index contributed by atoms with van der Waals surface area (Å²) in [6.07, 6.45) is 1.63. The van der Waals surface area contributed by atoms with E-state index in [1.54, 1.807) is 6.07 Å². The van der Waals surface area contributed by atoms with Gasteiger partial charge < -0.3 is 5.11 Å². The van der Waals surface area contributed by atoms with E-state index in [0.717, 1.165) is 5.56 Å². The Labute approximate surface area is 155 Å². The van der Waals surface area contributed by atoms with Crippen LogP contribution in [0.5, 0.6) is 0 Å². The van der Waals surface area contributed by atoms with Crippen LogP contribution in [0.3, 0.4) is 0 Å². The third kappa shape index (κ3) is 3.33. The average Bonchev–Trinajstić information content (AvgIpc) is 3.16. The molecule has 1 aromatic heterocycles. The number of Topliss-reactive ketones (excluding diaryl/α,β-unsaturated/α-hetero) is 1. The molecule has 3 rings (SSSR count). The van der Waals surface area contributed by atoms with Gasteiger partial charge in [0.1, 0.15) is 5.60 Å². The first-order valence-corrected chi connectivity index (χ1v) is 8.74. The summed E-state index contributed by atoms with van der Waals surface area (Å²) in [5.41, 5.74) is -0.512. The SMILES string of the molecule is CC(=O)c1nc(S)nn1CC(O)(Cc1ccccc1Cl)C1(Cl)CC1. The standard InChI is InChI=1S/C16H17Cl2N3O2S/c1-10(22)13-19-14(24)20-21(13)9-16(23,15(18)6-7-15)8-11-4-2-3-5-12(11)17/h2-5,23H,6-9H2,1H3,(H,20,24). The normalized spacial score (nSPS) is 18.2. The number of aliphatic hydroxyl groups is 1. The minimum atomic E-state index is -1.31. The summed E-state index contributed by atoms with van der Waals surface area (Å²) in [5, 5.41) is 16.2. The van der Waals surface area contributed by atoms with E-state index in [-0.39, 0.29) is 29.7 Å². The monoisotopic (exact) mass is 385 g/mol. The molecule has 128 valence electrons. The maximum atomic E-state index is 11.8. The molecule has 0 spiro atoms. The van der Waals surface area contributed by atoms with E-state index >= 15 is 0 Å². The lowest BCUT2D eigenvalue weighted by molar-refractivity contribution is 0.00687. The van der Waals surface area contributed by atoms with Crippen molar-refractivity contribution in [3.05, 3.63) is 40.7 Å². The van der Waals surface area contributed by atoms with Crippen LogP contribution in [0.1, 0.15) is 35.9 Å². The first-order chi connectivity index (χ1) is 11.2. The highest BCUT2D eigenvalue weighted by molar-refractivity contribution is 7.80. The van der Waals surface area contributed by atoms with E-state index in [1.807, 2.05) is 18.2 Å². The summed E-state index contributed by atoms with van der Waals surface area (Å²) in [7, 11) is 0. The predicted molar refractivity (Wildman–Crippen MR) is 95.2 cm³/mol. The summed E-state index contributed by atoms with van der Waals surface area (Å²) in [6.45, 7) is 1.44. The van der Waals surface area contributed by atoms with Crippen LogP contribution < -0.4 is 0 Å². The van der Waals surface area contributed by atoms with Crippen molar-refractivity contribution < 1.29 is 9.90 Å². The predicted octanol–water partition coefficient (Wildman–Crippen LogP) is 3.17. The molecule has 1 saturated carbocycles. The summed E-state index contributed by atoms with van der Waals surface area (Å²) < 4.78 is 1.38. The van der Waals surface area contributed by atoms with Gasteiger partial charge in [0.25, 0.3) is 0 Å². The van der Waals surface area contributed by atoms with Crippen molar-refractivity contribution in [2.75, 3.05) is 0 Å². The number of aromatic nitrogens is 3. The van der Waals surface area contributed by atoms with Gasteiger partial charge in [-0.2, -0.15) is 4.98 Å². The topological polar surface area (TPSA) is 68.0 Å². The second-order valence-corrected chi connectivity index (χ2v) is 7.75. The maximum absolute atomic E-state index is 11.8. The van der Waals surface area contributed by atoms with Gasteiger partial charge in [-0.1, -0.05) is 29.8 Å². The summed E-state index contributed by atoms with van der Waals surface area (Å²) in [4.78, 5) is 15.0. The van der Waals surface area contributed by atoms with Crippen molar-refractivity contribution in [2.45, 2.75) is 48.4 Å². The molecule has 1 unspecified atom stereocenters. The molecular weight excluding hydrogens is 369 g/mol. The Balaban J connectivity index is 1.96. The lowest BCUT2D eigenvalue weighted by Crippen LogP contribution is -2.47. The zero-order valence-corrected chi connectivity index (χ0v) is 15.4. The van der Waals surface area contributed by atoms with E-state index in [9.17, 15) is 9.90 Å². The van der Waals surface area contributed by atoms with Gasteiger partial charge in [0.15, 0.2) is 11.6 Å². The average molecular weight is 386 g/mol. The highest BCUT2D eigenvalue weighted by Gasteiger charge is 2.58. The molecule has 1 N–H and O–H groups in total. The van der Waals surface area contributed by atoms with Gasteiger partial charge in [-0.15, -0.1) is 29.3 Å². The van der Waals surface area contributed by atoms with Crippen LogP contribution in [-0.2, 0) is 13.0 Å². The third-order valence-corrected chi connectivity index (χ3v) is 5.64. The van der Waals surface area contributed by atoms with Crippen LogP contribution in [0.15, 0.2) is 29.4 Å². The molecule has 0 saturated heterocycles. The van der Waals surface area contributed by atoms with E-state index in [0.29, 0.717) is 17.9 Å². The Morgan fingerprint density at radius 3 is 2.71 bits per heavy atom. The summed E-state index contributed by atoms with van der Waals surface area (Å²) >= 11 is 16.9. The smallest absolute Gasteiger partial charge is 0.206 e. The Morgan fingerprint density at radius 2 is 2.12 bits per heavy atom. The number of thiol groups is 1. The molecule has 1 heterocycles. The molecule has 0 radical (unpaired) electrons. The van der Waals surface area contributed by atoms with Gasteiger partial charge in [-0.3, -0.25) is 4.79 Å². The van der Waals surface area contributed by atoms with E-state index in [1.165, 1.54) is 11.6 Å². The fraction of sp³-hybridized carbons (Fsp3) is 0.438. The molecule has 1 aliphatic rings. The highest BCUT2D eigenvalue weighted by atomic mass is 35.5. The molecule has 5 nitrogen and oxygen atoms in total. The first kappa shape index (κ1) is 17.7. The number of rotatable bonds is 6. The number of nitrogens with zero attached hydrogens (tertiary/aromatic N) is 3. The van der Waals surface area contributed by atoms with Gasteiger partial charge in [-0.05, 0) is 24.5 Å². The molecular formula is C16H17Cl2N3O2S. The number of ketones is 1. The van der Waals surface area contributed by atoms with Gasteiger partial charge in [0.05, 0.1) is 11.4 Å². The van der Waals surface area contributed by atoms with Crippen molar-refractivity contribution in [1.29, 1.82) is 0 Å². The summed E-state index contributed by atoms with van der Waals surface area (Å²) in [5.74, 6) is -0.0965. The van der Waals surface area contributed by atoms with Crippen LogP contribution in [0.4, 0.5) is 0 Å². The maximum Gasteiger partial charge on any atom is 0.206 e. The molecule has 0 aliphatic heterocycles. The minimum absolute atomic E-state index is 0.0458. The third-order valence-electron chi connectivity index (χ3n) is 4.35. The lowest BCUT2D eigenvalue weighted by atomic mass is 9.89. The second-order valence-electron chi connectivity index (χ2n) is 6.21. The fourth-order valence-corrected chi connectivity index (χ4v) is 3.46. The van der Waals surface area contributed by atoms with E-state index in [4.69, 9.17) is 23.2 Å². The van der Waals surface area contributed by atoms with E-state index in [2.05, 4.69) is 22.7 Å². The molecule has 2 aromatic rings. The number of alkyl halides is 1. The molecule has 8 heteroatoms. The Morgan fingerprint density at radius 1 is 1.46 bits per heavy atom. The van der Waals surface area contributed by atoms with Gasteiger partial charge >= 0.3 is 0 Å². The Bertz CT molecular complexity index is 791. The van der Waals surface area contributed by atoms with Gasteiger partial charge in [-0.25, -0.2) is 4.68 Å². The molecule has 0 amide bonds. The van der Waals surface area contributed by atoms with Crippen molar-refractivity contribution in [3.8, 4) is 0 Å². The highest BCUT2D eigenvalue weighted by Crippen LogP contribution is 2.53. The van der Waals surface area contributed by atoms with Crippen LogP contribution in [0, 0.1) is 0 Å². The van der Waals surface area contributed by atoms with Gasteiger partial charge in [0, 0.05) is 18.4 Å². The molecule has 1 aliphatic carbocycles. The second kappa shape index (κ2) is 6.33. The number of benzene rings is 1. The molecule has 24 heavy (non-hydrogen) atoms. The van der Waals surface area contributed by atoms with Crippen molar-refractivity contribution >= 4 is 41.6 Å². The zero-order chi connectivity index (χ0) is 17.5. The molecule has 0 bridgehead atoms. The molecule has 1 atom stereocenters. The Kier molecular flexibility index (Phi) is 4.68. The number of hydrogen-bond acceptors (Lipinski definition) is 5. The summed E-state index contributed by atoms with van der Waals surface area (Å²) in [6, 6.07) is 7.31. The first-order valence-electron chi connectivity index (χ1n) is 7.54. The lowest BCUT2D eigenvalue weighted by Gasteiger charge is -2.33. The minimum Gasteiger partial charge on any atom is -0.386 e. The largest absolute Gasteiger partial charge is 0.386 e. The Hall–Kier alpha value is -1.08. The number of carbonyl (C=O) groups is 1. The molecule has 1 aromatic carbocycles. The number of carbonyl (C=O) groups excluding carboxylic acids is 1. The number of hydrogen-bond donors (Lipinski definition) is 2.